The zero-order valence-corrected chi connectivity index (χ0v) is 12.6. The smallest absolute Gasteiger partial charge is 0.136 e. The number of aryl methyl sites for hydroxylation is 1. The number of hydrogen-bond acceptors (Lipinski definition) is 4. The Labute approximate surface area is 120 Å². The number of nitrogens with zero attached hydrogens (tertiary/aromatic N) is 3. The molecule has 2 rings (SSSR count). The lowest BCUT2D eigenvalue weighted by Crippen LogP contribution is -2.16. The summed E-state index contributed by atoms with van der Waals surface area (Å²) in [5, 5.41) is 0. The lowest BCUT2D eigenvalue weighted by atomic mass is 10.1. The van der Waals surface area contributed by atoms with Gasteiger partial charge in [-0.25, -0.2) is 9.97 Å². The molecule has 0 unspecified atom stereocenters. The zero-order valence-electron chi connectivity index (χ0n) is 12.6. The summed E-state index contributed by atoms with van der Waals surface area (Å²) in [6, 6.07) is 10.1. The first-order chi connectivity index (χ1) is 9.52. The lowest BCUT2D eigenvalue weighted by molar-refractivity contribution is 0.764. The molecule has 0 saturated carbocycles. The molecule has 2 aromatic rings. The van der Waals surface area contributed by atoms with Crippen LogP contribution in [-0.2, 0) is 6.54 Å². The van der Waals surface area contributed by atoms with Crippen molar-refractivity contribution in [1.29, 1.82) is 0 Å². The van der Waals surface area contributed by atoms with Gasteiger partial charge in [0, 0.05) is 37.0 Å². The normalized spacial score (nSPS) is 10.9. The molecule has 0 fully saturated rings. The van der Waals surface area contributed by atoms with E-state index < -0.39 is 0 Å². The predicted octanol–water partition coefficient (Wildman–Crippen LogP) is 3.14. The van der Waals surface area contributed by atoms with Crippen LogP contribution in [0.25, 0.3) is 0 Å². The Morgan fingerprint density at radius 2 is 1.90 bits per heavy atom. The molecular formula is C16H22N4. The summed E-state index contributed by atoms with van der Waals surface area (Å²) in [6.07, 6.45) is 0. The van der Waals surface area contributed by atoms with Crippen LogP contribution in [0.2, 0.25) is 0 Å². The van der Waals surface area contributed by atoms with Crippen LogP contribution in [0.5, 0.6) is 0 Å². The monoisotopic (exact) mass is 270 g/mol. The topological polar surface area (TPSA) is 55.0 Å². The Balaban J connectivity index is 2.45. The molecule has 0 radical (unpaired) electrons. The van der Waals surface area contributed by atoms with E-state index in [2.05, 4.69) is 34.8 Å². The van der Waals surface area contributed by atoms with Gasteiger partial charge in [-0.1, -0.05) is 32.0 Å². The molecule has 4 heteroatoms. The first-order valence-electron chi connectivity index (χ1n) is 6.90. The molecule has 0 bridgehead atoms. The summed E-state index contributed by atoms with van der Waals surface area (Å²) in [5.41, 5.74) is 8.99. The third-order valence-corrected chi connectivity index (χ3v) is 3.29. The van der Waals surface area contributed by atoms with Crippen molar-refractivity contribution in [3.63, 3.8) is 0 Å². The van der Waals surface area contributed by atoms with Crippen LogP contribution in [0.3, 0.4) is 0 Å². The second-order valence-electron chi connectivity index (χ2n) is 5.27. The minimum Gasteiger partial charge on any atom is -0.329 e. The van der Waals surface area contributed by atoms with E-state index in [-0.39, 0.29) is 0 Å². The number of para-hydroxylation sites is 1. The Morgan fingerprint density at radius 1 is 1.20 bits per heavy atom. The summed E-state index contributed by atoms with van der Waals surface area (Å²) in [7, 11) is 2.01. The third kappa shape index (κ3) is 2.96. The zero-order chi connectivity index (χ0) is 14.7. The van der Waals surface area contributed by atoms with Crippen LogP contribution >= 0.6 is 0 Å². The van der Waals surface area contributed by atoms with Crippen LogP contribution < -0.4 is 10.6 Å². The average Bonchev–Trinajstić information content (AvgIpc) is 2.45. The molecule has 0 atom stereocenters. The second-order valence-corrected chi connectivity index (χ2v) is 5.27. The minimum absolute atomic E-state index is 0.312. The van der Waals surface area contributed by atoms with Gasteiger partial charge in [0.1, 0.15) is 11.6 Å². The van der Waals surface area contributed by atoms with Gasteiger partial charge in [-0.05, 0) is 18.6 Å². The van der Waals surface area contributed by atoms with Crippen LogP contribution in [0, 0.1) is 6.92 Å². The molecular weight excluding hydrogens is 248 g/mol. The number of aromatic nitrogens is 2. The first-order valence-corrected chi connectivity index (χ1v) is 6.90. The van der Waals surface area contributed by atoms with E-state index in [1.165, 1.54) is 0 Å². The van der Waals surface area contributed by atoms with Gasteiger partial charge in [0.2, 0.25) is 0 Å². The molecule has 0 aliphatic carbocycles. The van der Waals surface area contributed by atoms with E-state index in [9.17, 15) is 0 Å². The van der Waals surface area contributed by atoms with Crippen LogP contribution in [0.1, 0.15) is 36.8 Å². The molecule has 0 amide bonds. The molecule has 1 aromatic heterocycles. The van der Waals surface area contributed by atoms with Crippen molar-refractivity contribution >= 4 is 11.5 Å². The average molecular weight is 270 g/mol. The third-order valence-electron chi connectivity index (χ3n) is 3.29. The predicted molar refractivity (Wildman–Crippen MR) is 83.3 cm³/mol. The van der Waals surface area contributed by atoms with Gasteiger partial charge >= 0.3 is 0 Å². The lowest BCUT2D eigenvalue weighted by Gasteiger charge is -2.22. The standard InChI is InChI=1S/C16H22N4/c1-11(2)16-18-12(3)9-15(19-16)20(4)14-8-6-5-7-13(14)10-17/h5-9,11H,10,17H2,1-4H3. The number of anilines is 2. The van der Waals surface area contributed by atoms with E-state index in [4.69, 9.17) is 5.73 Å². The SMILES string of the molecule is Cc1cc(N(C)c2ccccc2CN)nc(C(C)C)n1. The van der Waals surface area contributed by atoms with Crippen LogP contribution in [0.4, 0.5) is 11.5 Å². The van der Waals surface area contributed by atoms with E-state index in [0.29, 0.717) is 12.5 Å². The maximum Gasteiger partial charge on any atom is 0.136 e. The highest BCUT2D eigenvalue weighted by Crippen LogP contribution is 2.26. The van der Waals surface area contributed by atoms with Crippen molar-refractivity contribution in [3.8, 4) is 0 Å². The minimum atomic E-state index is 0.312. The van der Waals surface area contributed by atoms with Gasteiger partial charge in [-0.3, -0.25) is 0 Å². The molecule has 0 saturated heterocycles. The van der Waals surface area contributed by atoms with Gasteiger partial charge in [0.25, 0.3) is 0 Å². The molecule has 1 heterocycles. The van der Waals surface area contributed by atoms with Crippen LogP contribution in [-0.4, -0.2) is 17.0 Å². The Hall–Kier alpha value is -1.94. The molecule has 20 heavy (non-hydrogen) atoms. The highest BCUT2D eigenvalue weighted by atomic mass is 15.2. The largest absolute Gasteiger partial charge is 0.329 e. The van der Waals surface area contributed by atoms with Crippen molar-refractivity contribution in [2.75, 3.05) is 11.9 Å². The van der Waals surface area contributed by atoms with Gasteiger partial charge < -0.3 is 10.6 Å². The highest BCUT2D eigenvalue weighted by Gasteiger charge is 2.12. The van der Waals surface area contributed by atoms with Crippen molar-refractivity contribution < 1.29 is 0 Å². The summed E-state index contributed by atoms with van der Waals surface area (Å²) >= 11 is 0. The van der Waals surface area contributed by atoms with E-state index in [1.54, 1.807) is 0 Å². The maximum atomic E-state index is 5.82. The molecule has 106 valence electrons. The number of rotatable bonds is 4. The summed E-state index contributed by atoms with van der Waals surface area (Å²) in [6.45, 7) is 6.72. The van der Waals surface area contributed by atoms with Gasteiger partial charge in [-0.2, -0.15) is 0 Å². The van der Waals surface area contributed by atoms with Crippen molar-refractivity contribution in [2.24, 2.45) is 5.73 Å². The molecule has 1 aromatic carbocycles. The Bertz CT molecular complexity index is 593. The highest BCUT2D eigenvalue weighted by molar-refractivity contribution is 5.63. The van der Waals surface area contributed by atoms with Gasteiger partial charge in [-0.15, -0.1) is 0 Å². The molecule has 4 nitrogen and oxygen atoms in total. The fourth-order valence-electron chi connectivity index (χ4n) is 2.14. The second kappa shape index (κ2) is 6.01. The number of nitrogens with two attached hydrogens (primary N) is 1. The quantitative estimate of drug-likeness (QED) is 0.927. The fourth-order valence-corrected chi connectivity index (χ4v) is 2.14. The Kier molecular flexibility index (Phi) is 4.35. The van der Waals surface area contributed by atoms with Crippen molar-refractivity contribution in [2.45, 2.75) is 33.2 Å². The first kappa shape index (κ1) is 14.5. The van der Waals surface area contributed by atoms with Gasteiger partial charge in [0.15, 0.2) is 0 Å². The maximum absolute atomic E-state index is 5.82. The molecule has 0 aliphatic heterocycles. The van der Waals surface area contributed by atoms with Gasteiger partial charge in [0.05, 0.1) is 0 Å². The summed E-state index contributed by atoms with van der Waals surface area (Å²) in [5.74, 6) is 2.09. The van der Waals surface area contributed by atoms with Crippen molar-refractivity contribution in [3.05, 3.63) is 47.4 Å². The fraction of sp³-hybridized carbons (Fsp3) is 0.375. The van der Waals surface area contributed by atoms with E-state index in [1.807, 2.05) is 38.2 Å². The molecule has 0 aliphatic rings. The Morgan fingerprint density at radius 3 is 2.55 bits per heavy atom. The van der Waals surface area contributed by atoms with E-state index >= 15 is 0 Å². The van der Waals surface area contributed by atoms with Crippen LogP contribution in [0.15, 0.2) is 30.3 Å². The van der Waals surface area contributed by atoms with Crippen molar-refractivity contribution in [1.82, 2.24) is 9.97 Å². The molecule has 0 spiro atoms. The van der Waals surface area contributed by atoms with E-state index in [0.717, 1.165) is 28.6 Å². The molecule has 2 N–H and O–H groups in total. The number of hydrogen-bond donors (Lipinski definition) is 1. The summed E-state index contributed by atoms with van der Waals surface area (Å²) in [4.78, 5) is 11.2. The number of benzene rings is 1. The summed E-state index contributed by atoms with van der Waals surface area (Å²) < 4.78 is 0.